The zero-order valence-corrected chi connectivity index (χ0v) is 17.6. The molecule has 1 aliphatic heterocycles. The first-order chi connectivity index (χ1) is 15.4. The van der Waals surface area contributed by atoms with Crippen LogP contribution in [0.3, 0.4) is 0 Å². The second-order valence-corrected chi connectivity index (χ2v) is 8.63. The molecule has 0 radical (unpaired) electrons. The van der Waals surface area contributed by atoms with Gasteiger partial charge in [0.1, 0.15) is 0 Å². The molecule has 2 fully saturated rings. The molecule has 4 atom stereocenters. The van der Waals surface area contributed by atoms with E-state index < -0.39 is 18.5 Å². The van der Waals surface area contributed by atoms with Crippen LogP contribution in [0, 0.1) is 23.7 Å². The number of hydrogen-bond acceptors (Lipinski definition) is 5. The number of hydrogen-bond donors (Lipinski definition) is 1. The van der Waals surface area contributed by atoms with Crippen LogP contribution in [0.4, 0.5) is 11.4 Å². The van der Waals surface area contributed by atoms with E-state index in [2.05, 4.69) is 5.32 Å². The number of nitrogens with zero attached hydrogens (tertiary/aromatic N) is 1. The van der Waals surface area contributed by atoms with E-state index in [0.717, 1.165) is 6.42 Å². The molecule has 0 aromatic heterocycles. The second kappa shape index (κ2) is 7.91. The summed E-state index contributed by atoms with van der Waals surface area (Å²) in [7, 11) is 0. The Morgan fingerprint density at radius 3 is 2.12 bits per heavy atom. The van der Waals surface area contributed by atoms with Gasteiger partial charge in [-0.25, -0.2) is 4.79 Å². The highest BCUT2D eigenvalue weighted by Gasteiger charge is 2.59. The molecule has 2 aliphatic carbocycles. The van der Waals surface area contributed by atoms with Gasteiger partial charge in [0.15, 0.2) is 6.61 Å². The lowest BCUT2D eigenvalue weighted by Gasteiger charge is -2.17. The summed E-state index contributed by atoms with van der Waals surface area (Å²) in [6, 6.07) is 12.6. The fourth-order valence-electron chi connectivity index (χ4n) is 4.85. The summed E-state index contributed by atoms with van der Waals surface area (Å²) in [5, 5.41) is 3.15. The van der Waals surface area contributed by atoms with Gasteiger partial charge in [-0.3, -0.25) is 19.3 Å². The van der Waals surface area contributed by atoms with Crippen LogP contribution in [-0.4, -0.2) is 30.3 Å². The highest BCUT2D eigenvalue weighted by Crippen LogP contribution is 2.53. The molecule has 3 aliphatic rings. The molecule has 0 unspecified atom stereocenters. The van der Waals surface area contributed by atoms with E-state index >= 15 is 0 Å². The van der Waals surface area contributed by atoms with E-state index in [-0.39, 0.29) is 41.0 Å². The van der Waals surface area contributed by atoms with Crippen LogP contribution in [0.25, 0.3) is 0 Å². The summed E-state index contributed by atoms with van der Waals surface area (Å²) in [6.45, 7) is -0.453. The molecule has 8 heteroatoms. The van der Waals surface area contributed by atoms with Gasteiger partial charge < -0.3 is 10.1 Å². The third-order valence-electron chi connectivity index (χ3n) is 6.29. The van der Waals surface area contributed by atoms with Gasteiger partial charge in [0.05, 0.1) is 23.1 Å². The van der Waals surface area contributed by atoms with Gasteiger partial charge in [-0.2, -0.15) is 0 Å². The van der Waals surface area contributed by atoms with Crippen LogP contribution in [0.15, 0.2) is 60.7 Å². The Morgan fingerprint density at radius 1 is 0.938 bits per heavy atom. The number of rotatable bonds is 5. The van der Waals surface area contributed by atoms with Crippen LogP contribution in [0.5, 0.6) is 0 Å². The zero-order valence-electron chi connectivity index (χ0n) is 16.9. The number of ether oxygens (including phenoxy) is 1. The maximum absolute atomic E-state index is 12.9. The molecule has 1 saturated carbocycles. The molecule has 1 saturated heterocycles. The number of nitrogens with one attached hydrogen (secondary N) is 1. The van der Waals surface area contributed by atoms with Crippen molar-refractivity contribution in [2.45, 2.75) is 6.42 Å². The summed E-state index contributed by atoms with van der Waals surface area (Å²) < 4.78 is 5.06. The highest BCUT2D eigenvalue weighted by molar-refractivity contribution is 6.30. The lowest BCUT2D eigenvalue weighted by atomic mass is 9.85. The molecule has 7 nitrogen and oxygen atoms in total. The summed E-state index contributed by atoms with van der Waals surface area (Å²) in [5.41, 5.74) is 1.19. The fourth-order valence-corrected chi connectivity index (χ4v) is 4.97. The molecular formula is C24H19ClN2O5. The number of halogens is 1. The third-order valence-corrected chi connectivity index (χ3v) is 6.55. The average molecular weight is 451 g/mol. The van der Waals surface area contributed by atoms with E-state index in [1.54, 1.807) is 36.4 Å². The minimum Gasteiger partial charge on any atom is -0.452 e. The summed E-state index contributed by atoms with van der Waals surface area (Å²) in [5.74, 6) is -1.79. The number of carbonyl (C=O) groups excluding carboxylic acids is 4. The maximum atomic E-state index is 12.9. The molecular weight excluding hydrogens is 432 g/mol. The van der Waals surface area contributed by atoms with Crippen molar-refractivity contribution in [2.24, 2.45) is 23.7 Å². The minimum absolute atomic E-state index is 0.139. The largest absolute Gasteiger partial charge is 0.452 e. The average Bonchev–Trinajstić information content (AvgIpc) is 3.47. The van der Waals surface area contributed by atoms with Crippen LogP contribution < -0.4 is 10.2 Å². The predicted octanol–water partition coefficient (Wildman–Crippen LogP) is 3.45. The first-order valence-electron chi connectivity index (χ1n) is 10.3. The Bertz CT molecular complexity index is 1110. The van der Waals surface area contributed by atoms with Gasteiger partial charge in [-0.1, -0.05) is 23.8 Å². The Hall–Kier alpha value is -3.45. The predicted molar refractivity (Wildman–Crippen MR) is 117 cm³/mol. The van der Waals surface area contributed by atoms with Crippen molar-refractivity contribution < 1.29 is 23.9 Å². The summed E-state index contributed by atoms with van der Waals surface area (Å²) >= 11 is 5.80. The molecule has 2 bridgehead atoms. The SMILES string of the molecule is O=C(COC(=O)c1ccc(N2C(=O)[C@@H]3[C@H](C2=O)[C@H]2C=C[C@H]3C2)cc1)Nc1ccc(Cl)cc1. The topological polar surface area (TPSA) is 92.8 Å². The number of imide groups is 1. The van der Waals surface area contributed by atoms with Crippen molar-refractivity contribution in [2.75, 3.05) is 16.8 Å². The Kier molecular flexibility index (Phi) is 5.06. The summed E-state index contributed by atoms with van der Waals surface area (Å²) in [4.78, 5) is 51.3. The van der Waals surface area contributed by atoms with Gasteiger partial charge in [-0.15, -0.1) is 0 Å². The van der Waals surface area contributed by atoms with E-state index in [4.69, 9.17) is 16.3 Å². The van der Waals surface area contributed by atoms with Gasteiger partial charge >= 0.3 is 5.97 Å². The molecule has 162 valence electrons. The van der Waals surface area contributed by atoms with Gasteiger partial charge in [0.2, 0.25) is 11.8 Å². The van der Waals surface area contributed by atoms with Crippen molar-refractivity contribution in [3.8, 4) is 0 Å². The van der Waals surface area contributed by atoms with Crippen LogP contribution in [0.2, 0.25) is 5.02 Å². The molecule has 2 aromatic rings. The van der Waals surface area contributed by atoms with Crippen molar-refractivity contribution in [3.63, 3.8) is 0 Å². The summed E-state index contributed by atoms with van der Waals surface area (Å²) in [6.07, 6.45) is 4.96. The number of amides is 3. The molecule has 5 rings (SSSR count). The normalized spacial score (nSPS) is 25.2. The van der Waals surface area contributed by atoms with Crippen molar-refractivity contribution in [1.82, 2.24) is 0 Å². The van der Waals surface area contributed by atoms with Gasteiger partial charge in [0.25, 0.3) is 5.91 Å². The van der Waals surface area contributed by atoms with Crippen molar-refractivity contribution in [3.05, 3.63) is 71.3 Å². The molecule has 1 N–H and O–H groups in total. The number of esters is 1. The minimum atomic E-state index is -0.680. The number of allylic oxidation sites excluding steroid dienone is 2. The maximum Gasteiger partial charge on any atom is 0.338 e. The molecule has 0 spiro atoms. The molecule has 3 amide bonds. The monoisotopic (exact) mass is 450 g/mol. The Labute approximate surface area is 189 Å². The van der Waals surface area contributed by atoms with E-state index in [1.165, 1.54) is 17.0 Å². The molecule has 2 aromatic carbocycles. The Balaban J connectivity index is 1.20. The first kappa shape index (κ1) is 20.5. The van der Waals surface area contributed by atoms with Crippen LogP contribution in [0.1, 0.15) is 16.8 Å². The molecule has 1 heterocycles. The highest BCUT2D eigenvalue weighted by atomic mass is 35.5. The fraction of sp³-hybridized carbons (Fsp3) is 0.250. The van der Waals surface area contributed by atoms with Crippen LogP contribution >= 0.6 is 11.6 Å². The number of fused-ring (bicyclic) bond motifs is 5. The van der Waals surface area contributed by atoms with Crippen LogP contribution in [-0.2, 0) is 19.1 Å². The number of anilines is 2. The van der Waals surface area contributed by atoms with E-state index in [9.17, 15) is 19.2 Å². The smallest absolute Gasteiger partial charge is 0.338 e. The first-order valence-corrected chi connectivity index (χ1v) is 10.7. The number of carbonyl (C=O) groups is 4. The zero-order chi connectivity index (χ0) is 22.4. The van der Waals surface area contributed by atoms with E-state index in [1.807, 2.05) is 12.2 Å². The second-order valence-electron chi connectivity index (χ2n) is 8.19. The quantitative estimate of drug-likeness (QED) is 0.428. The van der Waals surface area contributed by atoms with Gasteiger partial charge in [0, 0.05) is 10.7 Å². The Morgan fingerprint density at radius 2 is 1.53 bits per heavy atom. The molecule has 32 heavy (non-hydrogen) atoms. The number of benzene rings is 2. The van der Waals surface area contributed by atoms with Crippen molar-refractivity contribution in [1.29, 1.82) is 0 Å². The van der Waals surface area contributed by atoms with Gasteiger partial charge in [-0.05, 0) is 66.8 Å². The lowest BCUT2D eigenvalue weighted by molar-refractivity contribution is -0.123. The lowest BCUT2D eigenvalue weighted by Crippen LogP contribution is -2.32. The third kappa shape index (κ3) is 3.48. The standard InChI is InChI=1S/C24H19ClN2O5/c25-16-5-7-17(8-6-16)26-19(28)12-32-24(31)13-3-9-18(10-4-13)27-22(29)20-14-1-2-15(11-14)21(20)23(27)30/h1-10,14-15,20-21H,11-12H2,(H,26,28)/t14-,15-,20-,21+/m0/s1. The van der Waals surface area contributed by atoms with Crippen molar-refractivity contribution >= 4 is 46.7 Å². The van der Waals surface area contributed by atoms with E-state index in [0.29, 0.717) is 16.4 Å².